The molecule has 0 saturated carbocycles. The summed E-state index contributed by atoms with van der Waals surface area (Å²) >= 11 is 0. The van der Waals surface area contributed by atoms with Gasteiger partial charge in [-0.2, -0.15) is 0 Å². The molecule has 0 fully saturated rings. The molecule has 0 aliphatic carbocycles. The van der Waals surface area contributed by atoms with Crippen LogP contribution in [0.15, 0.2) is 72.9 Å². The van der Waals surface area contributed by atoms with Crippen LogP contribution >= 0.6 is 0 Å². The van der Waals surface area contributed by atoms with Crippen LogP contribution in [0.5, 0.6) is 0 Å². The zero-order valence-electron chi connectivity index (χ0n) is 13.7. The smallest absolute Gasteiger partial charge is 0.160 e. The molecule has 0 aliphatic rings. The number of nitrogens with zero attached hydrogens (tertiary/aromatic N) is 3. The van der Waals surface area contributed by atoms with Crippen molar-refractivity contribution in [2.75, 3.05) is 0 Å². The minimum atomic E-state index is 0.789. The third-order valence-corrected chi connectivity index (χ3v) is 4.21. The highest BCUT2D eigenvalue weighted by atomic mass is 15.1. The van der Waals surface area contributed by atoms with Crippen molar-refractivity contribution < 1.29 is 0 Å². The van der Waals surface area contributed by atoms with E-state index >= 15 is 0 Å². The van der Waals surface area contributed by atoms with Crippen molar-refractivity contribution in [3.05, 3.63) is 95.4 Å². The summed E-state index contributed by atoms with van der Waals surface area (Å²) in [5, 5.41) is 0. The van der Waals surface area contributed by atoms with Crippen molar-refractivity contribution in [1.29, 1.82) is 0 Å². The topological polar surface area (TPSA) is 30.7 Å². The monoisotopic (exact) mass is 313 g/mol. The molecule has 4 rings (SSSR count). The minimum absolute atomic E-state index is 0.789. The van der Waals surface area contributed by atoms with E-state index in [1.54, 1.807) is 0 Å². The zero-order chi connectivity index (χ0) is 16.4. The summed E-state index contributed by atoms with van der Waals surface area (Å²) in [6.07, 6.45) is 2.64. The number of fused-ring (bicyclic) bond motifs is 1. The van der Waals surface area contributed by atoms with Gasteiger partial charge in [-0.05, 0) is 30.2 Å². The first-order valence-electron chi connectivity index (χ1n) is 8.19. The van der Waals surface area contributed by atoms with Gasteiger partial charge in [0.1, 0.15) is 11.3 Å². The van der Waals surface area contributed by atoms with E-state index in [1.807, 2.05) is 24.4 Å². The molecule has 4 aromatic rings. The molecule has 0 bridgehead atoms. The van der Waals surface area contributed by atoms with Gasteiger partial charge in [-0.3, -0.25) is 0 Å². The highest BCUT2D eigenvalue weighted by molar-refractivity contribution is 5.71. The van der Waals surface area contributed by atoms with Crippen molar-refractivity contribution >= 4 is 11.2 Å². The van der Waals surface area contributed by atoms with Crippen molar-refractivity contribution in [2.24, 2.45) is 0 Å². The highest BCUT2D eigenvalue weighted by Gasteiger charge is 2.12. The predicted molar refractivity (Wildman–Crippen MR) is 97.1 cm³/mol. The van der Waals surface area contributed by atoms with Gasteiger partial charge in [-0.15, -0.1) is 0 Å². The van der Waals surface area contributed by atoms with Gasteiger partial charge in [0.25, 0.3) is 0 Å². The average Bonchev–Trinajstić information content (AvgIpc) is 2.93. The molecular formula is C21H19N3. The molecule has 0 amide bonds. The normalized spacial score (nSPS) is 11.0. The van der Waals surface area contributed by atoms with Gasteiger partial charge in [0.2, 0.25) is 0 Å². The number of benzene rings is 2. The van der Waals surface area contributed by atoms with E-state index in [-0.39, 0.29) is 0 Å². The lowest BCUT2D eigenvalue weighted by molar-refractivity contribution is 0.754. The van der Waals surface area contributed by atoms with Crippen molar-refractivity contribution in [1.82, 2.24) is 14.5 Å². The highest BCUT2D eigenvalue weighted by Crippen LogP contribution is 2.19. The Hall–Kier alpha value is -2.94. The second kappa shape index (κ2) is 6.28. The largest absolute Gasteiger partial charge is 0.308 e. The Morgan fingerprint density at radius 3 is 2.54 bits per heavy atom. The number of aryl methyl sites for hydroxylation is 1. The number of hydrogen-bond donors (Lipinski definition) is 0. The number of rotatable bonds is 4. The van der Waals surface area contributed by atoms with E-state index < -0.39 is 0 Å². The summed E-state index contributed by atoms with van der Waals surface area (Å²) in [4.78, 5) is 9.39. The maximum absolute atomic E-state index is 4.83. The molecule has 0 radical (unpaired) electrons. The number of imidazole rings is 1. The standard InChI is InChI=1S/C21H19N3/c1-16-7-5-10-18(13-16)15-24-20(14-17-8-3-2-4-9-17)23-19-11-6-12-22-21(19)24/h2-13H,14-15H2,1H3. The molecule has 24 heavy (non-hydrogen) atoms. The van der Waals surface area contributed by atoms with Crippen LogP contribution in [0.2, 0.25) is 0 Å². The fraction of sp³-hybridized carbons (Fsp3) is 0.143. The van der Waals surface area contributed by atoms with Crippen LogP contribution < -0.4 is 0 Å². The molecular weight excluding hydrogens is 294 g/mol. The predicted octanol–water partition coefficient (Wildman–Crippen LogP) is 4.38. The van der Waals surface area contributed by atoms with Gasteiger partial charge in [-0.1, -0.05) is 60.2 Å². The Morgan fingerprint density at radius 2 is 1.71 bits per heavy atom. The first-order valence-corrected chi connectivity index (χ1v) is 8.19. The van der Waals surface area contributed by atoms with E-state index in [1.165, 1.54) is 16.7 Å². The first kappa shape index (κ1) is 14.6. The SMILES string of the molecule is Cc1cccc(Cn2c(Cc3ccccc3)nc3cccnc32)c1. The number of pyridine rings is 1. The summed E-state index contributed by atoms with van der Waals surface area (Å²) in [6.45, 7) is 2.91. The molecule has 2 aromatic carbocycles. The Balaban J connectivity index is 1.78. The minimum Gasteiger partial charge on any atom is -0.308 e. The van der Waals surface area contributed by atoms with Crippen LogP contribution in [0.25, 0.3) is 11.2 Å². The third kappa shape index (κ3) is 2.93. The molecule has 0 spiro atoms. The van der Waals surface area contributed by atoms with Crippen LogP contribution in [-0.2, 0) is 13.0 Å². The second-order valence-corrected chi connectivity index (χ2v) is 6.11. The van der Waals surface area contributed by atoms with E-state index in [9.17, 15) is 0 Å². The average molecular weight is 313 g/mol. The molecule has 118 valence electrons. The summed E-state index contributed by atoms with van der Waals surface area (Å²) in [6, 6.07) is 23.1. The molecule has 2 heterocycles. The first-order chi connectivity index (χ1) is 11.8. The summed E-state index contributed by atoms with van der Waals surface area (Å²) < 4.78 is 2.23. The number of aromatic nitrogens is 3. The van der Waals surface area contributed by atoms with Gasteiger partial charge in [0.15, 0.2) is 5.65 Å². The zero-order valence-corrected chi connectivity index (χ0v) is 13.7. The van der Waals surface area contributed by atoms with Crippen LogP contribution in [0.4, 0.5) is 0 Å². The van der Waals surface area contributed by atoms with Gasteiger partial charge in [-0.25, -0.2) is 9.97 Å². The molecule has 0 aliphatic heterocycles. The van der Waals surface area contributed by atoms with Crippen LogP contribution in [0.3, 0.4) is 0 Å². The Morgan fingerprint density at radius 1 is 0.875 bits per heavy atom. The van der Waals surface area contributed by atoms with Gasteiger partial charge < -0.3 is 4.57 Å². The molecule has 2 aromatic heterocycles. The quantitative estimate of drug-likeness (QED) is 0.560. The molecule has 0 N–H and O–H groups in total. The lowest BCUT2D eigenvalue weighted by atomic mass is 10.1. The summed E-state index contributed by atoms with van der Waals surface area (Å²) in [5.41, 5.74) is 5.71. The Bertz CT molecular complexity index is 971. The molecule has 0 unspecified atom stereocenters. The van der Waals surface area contributed by atoms with Crippen LogP contribution in [-0.4, -0.2) is 14.5 Å². The molecule has 0 atom stereocenters. The van der Waals surface area contributed by atoms with Crippen molar-refractivity contribution in [3.8, 4) is 0 Å². The van der Waals surface area contributed by atoms with E-state index in [0.717, 1.165) is 30.0 Å². The molecule has 3 nitrogen and oxygen atoms in total. The molecule has 0 saturated heterocycles. The Kier molecular flexibility index (Phi) is 3.83. The maximum Gasteiger partial charge on any atom is 0.160 e. The summed E-state index contributed by atoms with van der Waals surface area (Å²) in [5.74, 6) is 1.05. The second-order valence-electron chi connectivity index (χ2n) is 6.11. The maximum atomic E-state index is 4.83. The van der Waals surface area contributed by atoms with Crippen molar-refractivity contribution in [3.63, 3.8) is 0 Å². The fourth-order valence-electron chi connectivity index (χ4n) is 3.08. The number of hydrogen-bond acceptors (Lipinski definition) is 2. The van der Waals surface area contributed by atoms with Crippen LogP contribution in [0, 0.1) is 6.92 Å². The third-order valence-electron chi connectivity index (χ3n) is 4.21. The fourth-order valence-corrected chi connectivity index (χ4v) is 3.08. The van der Waals surface area contributed by atoms with Gasteiger partial charge in [0, 0.05) is 12.6 Å². The van der Waals surface area contributed by atoms with E-state index in [0.29, 0.717) is 0 Å². The van der Waals surface area contributed by atoms with E-state index in [4.69, 9.17) is 4.98 Å². The van der Waals surface area contributed by atoms with Gasteiger partial charge >= 0.3 is 0 Å². The lowest BCUT2D eigenvalue weighted by Gasteiger charge is -2.10. The lowest BCUT2D eigenvalue weighted by Crippen LogP contribution is -2.07. The Labute approximate surface area is 141 Å². The van der Waals surface area contributed by atoms with Crippen LogP contribution in [0.1, 0.15) is 22.5 Å². The van der Waals surface area contributed by atoms with E-state index in [2.05, 4.69) is 65.0 Å². The van der Waals surface area contributed by atoms with Gasteiger partial charge in [0.05, 0.1) is 6.54 Å². The summed E-state index contributed by atoms with van der Waals surface area (Å²) in [7, 11) is 0. The van der Waals surface area contributed by atoms with Crippen molar-refractivity contribution in [2.45, 2.75) is 19.9 Å². The molecule has 3 heteroatoms.